The zero-order valence-corrected chi connectivity index (χ0v) is 12.5. The topological polar surface area (TPSA) is 12.9 Å². The minimum absolute atomic E-state index is 0.520. The van der Waals surface area contributed by atoms with Gasteiger partial charge >= 0.3 is 0 Å². The molecule has 1 aromatic rings. The van der Waals surface area contributed by atoms with Gasteiger partial charge in [0.1, 0.15) is 0 Å². The standard InChI is InChI=1S/C15H22BrN/c1-3-15(8-4-5-9-15)14(16)10-13-7-6-12(2)11-17-13/h6-7,11,14H,3-5,8-10H2,1-2H3. The Bertz CT molecular complexity index is 352. The van der Waals surface area contributed by atoms with E-state index in [1.165, 1.54) is 43.4 Å². The van der Waals surface area contributed by atoms with Crippen LogP contribution in [0.5, 0.6) is 0 Å². The van der Waals surface area contributed by atoms with Crippen LogP contribution in [-0.4, -0.2) is 9.81 Å². The lowest BCUT2D eigenvalue weighted by Crippen LogP contribution is -2.29. The highest BCUT2D eigenvalue weighted by molar-refractivity contribution is 9.09. The first-order valence-corrected chi connectivity index (χ1v) is 7.63. The van der Waals surface area contributed by atoms with Gasteiger partial charge in [-0.2, -0.15) is 0 Å². The second-order valence-corrected chi connectivity index (χ2v) is 6.53. The first kappa shape index (κ1) is 13.1. The van der Waals surface area contributed by atoms with Crippen molar-refractivity contribution in [2.45, 2.75) is 57.2 Å². The highest BCUT2D eigenvalue weighted by Crippen LogP contribution is 2.47. The molecule has 0 amide bonds. The van der Waals surface area contributed by atoms with Crippen molar-refractivity contribution < 1.29 is 0 Å². The normalized spacial score (nSPS) is 20.4. The SMILES string of the molecule is CCC1(C(Br)Cc2ccc(C)cn2)CCCC1. The van der Waals surface area contributed by atoms with Crippen LogP contribution in [0.4, 0.5) is 0 Å². The molecule has 0 spiro atoms. The number of halogens is 1. The Morgan fingerprint density at radius 3 is 2.59 bits per heavy atom. The van der Waals surface area contributed by atoms with E-state index in [9.17, 15) is 0 Å². The average molecular weight is 296 g/mol. The summed E-state index contributed by atoms with van der Waals surface area (Å²) in [6, 6.07) is 4.33. The van der Waals surface area contributed by atoms with E-state index in [2.05, 4.69) is 46.9 Å². The largest absolute Gasteiger partial charge is 0.261 e. The van der Waals surface area contributed by atoms with Gasteiger partial charge < -0.3 is 0 Å². The van der Waals surface area contributed by atoms with Crippen LogP contribution in [0.25, 0.3) is 0 Å². The molecule has 2 heteroatoms. The zero-order chi connectivity index (χ0) is 12.3. The average Bonchev–Trinajstić information content (AvgIpc) is 2.82. The fraction of sp³-hybridized carbons (Fsp3) is 0.667. The summed E-state index contributed by atoms with van der Waals surface area (Å²) < 4.78 is 0. The summed E-state index contributed by atoms with van der Waals surface area (Å²) in [5.74, 6) is 0. The van der Waals surface area contributed by atoms with Crippen LogP contribution in [-0.2, 0) is 6.42 Å². The molecule has 1 saturated carbocycles. The number of aromatic nitrogens is 1. The Morgan fingerprint density at radius 1 is 1.35 bits per heavy atom. The minimum atomic E-state index is 0.520. The molecule has 0 aliphatic heterocycles. The van der Waals surface area contributed by atoms with E-state index in [0.717, 1.165) is 6.42 Å². The molecule has 1 fully saturated rings. The van der Waals surface area contributed by atoms with Crippen molar-refractivity contribution in [2.24, 2.45) is 5.41 Å². The molecule has 0 N–H and O–H groups in total. The second-order valence-electron chi connectivity index (χ2n) is 5.42. The lowest BCUT2D eigenvalue weighted by Gasteiger charge is -2.33. The molecule has 1 aromatic heterocycles. The van der Waals surface area contributed by atoms with Gasteiger partial charge in [0.2, 0.25) is 0 Å². The fourth-order valence-electron chi connectivity index (χ4n) is 2.99. The predicted molar refractivity (Wildman–Crippen MR) is 76.6 cm³/mol. The predicted octanol–water partition coefficient (Wildman–Crippen LogP) is 4.67. The Hall–Kier alpha value is -0.370. The van der Waals surface area contributed by atoms with Crippen molar-refractivity contribution in [3.8, 4) is 0 Å². The van der Waals surface area contributed by atoms with Gasteiger partial charge in [-0.3, -0.25) is 4.98 Å². The van der Waals surface area contributed by atoms with Crippen LogP contribution >= 0.6 is 15.9 Å². The molecule has 1 heterocycles. The molecule has 1 aliphatic rings. The molecule has 1 aliphatic carbocycles. The maximum Gasteiger partial charge on any atom is 0.0415 e. The number of alkyl halides is 1. The van der Waals surface area contributed by atoms with Gasteiger partial charge in [-0.05, 0) is 43.2 Å². The smallest absolute Gasteiger partial charge is 0.0415 e. The Morgan fingerprint density at radius 2 is 2.06 bits per heavy atom. The van der Waals surface area contributed by atoms with Gasteiger partial charge in [0, 0.05) is 23.1 Å². The van der Waals surface area contributed by atoms with Crippen molar-refractivity contribution in [3.63, 3.8) is 0 Å². The third-order valence-corrected chi connectivity index (χ3v) is 5.62. The van der Waals surface area contributed by atoms with Crippen molar-refractivity contribution >= 4 is 15.9 Å². The van der Waals surface area contributed by atoms with Crippen molar-refractivity contribution in [1.29, 1.82) is 0 Å². The van der Waals surface area contributed by atoms with Gasteiger partial charge in [-0.15, -0.1) is 0 Å². The maximum atomic E-state index is 4.53. The lowest BCUT2D eigenvalue weighted by atomic mass is 9.78. The summed E-state index contributed by atoms with van der Waals surface area (Å²) in [6.45, 7) is 4.43. The first-order valence-electron chi connectivity index (χ1n) is 6.72. The van der Waals surface area contributed by atoms with Crippen LogP contribution in [0.1, 0.15) is 50.3 Å². The molecule has 17 heavy (non-hydrogen) atoms. The number of rotatable bonds is 4. The highest BCUT2D eigenvalue weighted by atomic mass is 79.9. The van der Waals surface area contributed by atoms with E-state index in [4.69, 9.17) is 0 Å². The van der Waals surface area contributed by atoms with Crippen molar-refractivity contribution in [1.82, 2.24) is 4.98 Å². The maximum absolute atomic E-state index is 4.53. The zero-order valence-electron chi connectivity index (χ0n) is 10.9. The molecule has 0 saturated heterocycles. The molecule has 1 atom stereocenters. The number of hydrogen-bond acceptors (Lipinski definition) is 1. The van der Waals surface area contributed by atoms with Crippen LogP contribution in [0, 0.1) is 12.3 Å². The molecule has 0 bridgehead atoms. The Labute approximate surface area is 113 Å². The summed E-state index contributed by atoms with van der Waals surface area (Å²) in [5, 5.41) is 0. The number of aryl methyl sites for hydroxylation is 1. The number of pyridine rings is 1. The van der Waals surface area contributed by atoms with E-state index in [1.807, 2.05) is 6.20 Å². The van der Waals surface area contributed by atoms with Gasteiger partial charge in [-0.25, -0.2) is 0 Å². The van der Waals surface area contributed by atoms with Crippen LogP contribution in [0.3, 0.4) is 0 Å². The fourth-order valence-corrected chi connectivity index (χ4v) is 4.10. The lowest BCUT2D eigenvalue weighted by molar-refractivity contribution is 0.274. The Balaban J connectivity index is 2.05. The van der Waals surface area contributed by atoms with Crippen LogP contribution in [0.2, 0.25) is 0 Å². The third kappa shape index (κ3) is 2.90. The van der Waals surface area contributed by atoms with Gasteiger partial charge in [-0.1, -0.05) is 41.8 Å². The summed E-state index contributed by atoms with van der Waals surface area (Å²) in [7, 11) is 0. The van der Waals surface area contributed by atoms with Gasteiger partial charge in [0.25, 0.3) is 0 Å². The molecule has 1 nitrogen and oxygen atoms in total. The molecule has 1 unspecified atom stereocenters. The molecule has 94 valence electrons. The summed E-state index contributed by atoms with van der Waals surface area (Å²) >= 11 is 3.94. The van der Waals surface area contributed by atoms with Crippen LogP contribution < -0.4 is 0 Å². The van der Waals surface area contributed by atoms with Gasteiger partial charge in [0.05, 0.1) is 0 Å². The third-order valence-electron chi connectivity index (χ3n) is 4.33. The molecule has 0 aromatic carbocycles. The van der Waals surface area contributed by atoms with E-state index in [-0.39, 0.29) is 0 Å². The summed E-state index contributed by atoms with van der Waals surface area (Å²) in [6.07, 6.45) is 9.89. The monoisotopic (exact) mass is 295 g/mol. The quantitative estimate of drug-likeness (QED) is 0.736. The molecule has 2 rings (SSSR count). The van der Waals surface area contributed by atoms with E-state index in [0.29, 0.717) is 10.2 Å². The number of hydrogen-bond donors (Lipinski definition) is 0. The second kappa shape index (κ2) is 5.51. The molecular weight excluding hydrogens is 274 g/mol. The first-order chi connectivity index (χ1) is 8.16. The van der Waals surface area contributed by atoms with Crippen molar-refractivity contribution in [3.05, 3.63) is 29.6 Å². The molecular formula is C15H22BrN. The van der Waals surface area contributed by atoms with E-state index < -0.39 is 0 Å². The van der Waals surface area contributed by atoms with Crippen molar-refractivity contribution in [2.75, 3.05) is 0 Å². The number of nitrogens with zero attached hydrogens (tertiary/aromatic N) is 1. The van der Waals surface area contributed by atoms with E-state index in [1.54, 1.807) is 0 Å². The molecule has 0 radical (unpaired) electrons. The van der Waals surface area contributed by atoms with Crippen LogP contribution in [0.15, 0.2) is 18.3 Å². The van der Waals surface area contributed by atoms with E-state index >= 15 is 0 Å². The van der Waals surface area contributed by atoms with Gasteiger partial charge in [0.15, 0.2) is 0 Å². The highest BCUT2D eigenvalue weighted by Gasteiger charge is 2.38. The Kier molecular flexibility index (Phi) is 4.24. The summed E-state index contributed by atoms with van der Waals surface area (Å²) in [4.78, 5) is 5.11. The minimum Gasteiger partial charge on any atom is -0.261 e. The summed E-state index contributed by atoms with van der Waals surface area (Å²) in [5.41, 5.74) is 2.98.